The summed E-state index contributed by atoms with van der Waals surface area (Å²) >= 11 is 14.9. The van der Waals surface area contributed by atoms with Gasteiger partial charge < -0.3 is 19.3 Å². The van der Waals surface area contributed by atoms with Crippen LogP contribution in [0.15, 0.2) is 101 Å². The summed E-state index contributed by atoms with van der Waals surface area (Å²) in [6.07, 6.45) is 0. The van der Waals surface area contributed by atoms with E-state index in [2.05, 4.69) is 10.2 Å². The highest BCUT2D eigenvalue weighted by molar-refractivity contribution is 8.00. The van der Waals surface area contributed by atoms with Crippen molar-refractivity contribution in [2.24, 2.45) is 0 Å². The van der Waals surface area contributed by atoms with E-state index in [0.29, 0.717) is 61.7 Å². The molecule has 2 heterocycles. The monoisotopic (exact) mass is 733 g/mol. The van der Waals surface area contributed by atoms with Gasteiger partial charge in [-0.05, 0) is 72.1 Å². The number of benzene rings is 4. The SMILES string of the molecule is CCOc1cc(C2C(=C(O)c3ccc(OC)cc3)C(=O)C(=O)N2c2nnc(SCc3ccc(Cl)cc3Cl)s2)ccc1OCc1ccccc1. The van der Waals surface area contributed by atoms with Crippen LogP contribution in [0.4, 0.5) is 5.13 Å². The molecule has 5 aromatic rings. The van der Waals surface area contributed by atoms with E-state index in [1.807, 2.05) is 43.3 Å². The standard InChI is InChI=1S/C36H29Cl2N3O6S2/c1-3-46-29-17-23(12-16-28(29)47-19-21-7-5-4-6-8-21)31-30(32(42)22-10-14-26(45-2)15-11-22)33(43)34(44)41(31)35-39-40-36(49-35)48-20-24-9-13-25(37)18-27(24)38/h4-18,31,42H,3,19-20H2,1-2H3. The van der Waals surface area contributed by atoms with Crippen LogP contribution in [0.5, 0.6) is 17.2 Å². The largest absolute Gasteiger partial charge is 0.507 e. The zero-order chi connectivity index (χ0) is 34.5. The molecule has 1 fully saturated rings. The number of aliphatic hydroxyl groups excluding tert-OH is 1. The van der Waals surface area contributed by atoms with Crippen molar-refractivity contribution >= 4 is 68.9 Å². The predicted octanol–water partition coefficient (Wildman–Crippen LogP) is 8.75. The second-order valence-corrected chi connectivity index (χ2v) is 13.7. The highest BCUT2D eigenvalue weighted by Crippen LogP contribution is 2.46. The number of nitrogens with zero attached hydrogens (tertiary/aromatic N) is 3. The van der Waals surface area contributed by atoms with E-state index in [9.17, 15) is 14.7 Å². The first kappa shape index (κ1) is 34.3. The van der Waals surface area contributed by atoms with E-state index < -0.39 is 17.7 Å². The molecule has 49 heavy (non-hydrogen) atoms. The van der Waals surface area contributed by atoms with E-state index in [0.717, 1.165) is 22.5 Å². The molecular formula is C36H29Cl2N3O6S2. The molecule has 1 aliphatic heterocycles. The molecule has 250 valence electrons. The molecule has 1 unspecified atom stereocenters. The summed E-state index contributed by atoms with van der Waals surface area (Å²) in [7, 11) is 1.53. The summed E-state index contributed by atoms with van der Waals surface area (Å²) in [5, 5.41) is 21.4. The molecule has 0 spiro atoms. The van der Waals surface area contributed by atoms with Crippen LogP contribution in [0.1, 0.15) is 35.2 Å². The Kier molecular flexibility index (Phi) is 10.7. The number of aromatic nitrogens is 2. The van der Waals surface area contributed by atoms with Gasteiger partial charge in [0.15, 0.2) is 15.8 Å². The molecule has 13 heteroatoms. The second-order valence-electron chi connectivity index (χ2n) is 10.7. The number of carbonyl (C=O) groups excluding carboxylic acids is 2. The van der Waals surface area contributed by atoms with Gasteiger partial charge in [0.1, 0.15) is 18.1 Å². The van der Waals surface area contributed by atoms with Gasteiger partial charge in [0.05, 0.1) is 25.3 Å². The Morgan fingerprint density at radius 2 is 1.71 bits per heavy atom. The summed E-state index contributed by atoms with van der Waals surface area (Å²) in [6.45, 7) is 2.50. The third-order valence-electron chi connectivity index (χ3n) is 7.60. The molecule has 1 saturated heterocycles. The first-order chi connectivity index (χ1) is 23.8. The molecule has 0 aliphatic carbocycles. The van der Waals surface area contributed by atoms with Crippen LogP contribution in [-0.2, 0) is 21.9 Å². The zero-order valence-electron chi connectivity index (χ0n) is 26.3. The van der Waals surface area contributed by atoms with Crippen LogP contribution in [0, 0.1) is 0 Å². The first-order valence-corrected chi connectivity index (χ1v) is 17.6. The average molecular weight is 735 g/mol. The van der Waals surface area contributed by atoms with Gasteiger partial charge in [-0.15, -0.1) is 10.2 Å². The van der Waals surface area contributed by atoms with Crippen LogP contribution in [0.3, 0.4) is 0 Å². The minimum Gasteiger partial charge on any atom is -0.507 e. The highest BCUT2D eigenvalue weighted by Gasteiger charge is 2.48. The number of rotatable bonds is 12. The van der Waals surface area contributed by atoms with Gasteiger partial charge in [-0.1, -0.05) is 88.8 Å². The summed E-state index contributed by atoms with van der Waals surface area (Å²) in [5.74, 6) is -0.107. The van der Waals surface area contributed by atoms with Crippen molar-refractivity contribution in [1.82, 2.24) is 10.2 Å². The molecule has 0 bridgehead atoms. The van der Waals surface area contributed by atoms with Gasteiger partial charge in [0.25, 0.3) is 5.78 Å². The number of methoxy groups -OCH3 is 1. The van der Waals surface area contributed by atoms with Crippen LogP contribution < -0.4 is 19.1 Å². The maximum Gasteiger partial charge on any atom is 0.301 e. The summed E-state index contributed by atoms with van der Waals surface area (Å²) < 4.78 is 17.9. The van der Waals surface area contributed by atoms with Crippen molar-refractivity contribution in [2.45, 2.75) is 29.7 Å². The Balaban J connectivity index is 1.39. The number of halogens is 2. The predicted molar refractivity (Wildman–Crippen MR) is 192 cm³/mol. The maximum absolute atomic E-state index is 13.8. The van der Waals surface area contributed by atoms with Crippen LogP contribution >= 0.6 is 46.3 Å². The number of hydrogen-bond acceptors (Lipinski definition) is 10. The second kappa shape index (κ2) is 15.3. The van der Waals surface area contributed by atoms with Gasteiger partial charge in [0, 0.05) is 21.4 Å². The Hall–Kier alpha value is -4.55. The first-order valence-electron chi connectivity index (χ1n) is 15.1. The molecule has 1 aromatic heterocycles. The number of amides is 1. The van der Waals surface area contributed by atoms with Gasteiger partial charge >= 0.3 is 5.91 Å². The van der Waals surface area contributed by atoms with Gasteiger partial charge in [-0.3, -0.25) is 14.5 Å². The van der Waals surface area contributed by atoms with Crippen molar-refractivity contribution in [1.29, 1.82) is 0 Å². The quantitative estimate of drug-likeness (QED) is 0.0442. The van der Waals surface area contributed by atoms with E-state index >= 15 is 0 Å². The molecule has 4 aromatic carbocycles. The lowest BCUT2D eigenvalue weighted by Crippen LogP contribution is -2.29. The van der Waals surface area contributed by atoms with Crippen LogP contribution in [0.25, 0.3) is 5.76 Å². The molecule has 9 nitrogen and oxygen atoms in total. The van der Waals surface area contributed by atoms with E-state index in [-0.39, 0.29) is 16.5 Å². The van der Waals surface area contributed by atoms with E-state index in [1.165, 1.54) is 23.8 Å². The number of carbonyl (C=O) groups is 2. The number of ether oxygens (including phenoxy) is 3. The van der Waals surface area contributed by atoms with Gasteiger partial charge in [-0.25, -0.2) is 0 Å². The lowest BCUT2D eigenvalue weighted by Gasteiger charge is -2.23. The van der Waals surface area contributed by atoms with Crippen molar-refractivity contribution in [2.75, 3.05) is 18.6 Å². The van der Waals surface area contributed by atoms with Crippen LogP contribution in [-0.4, -0.2) is 40.7 Å². The Bertz CT molecular complexity index is 2020. The van der Waals surface area contributed by atoms with Crippen molar-refractivity contribution in [3.05, 3.63) is 129 Å². The Morgan fingerprint density at radius 3 is 2.43 bits per heavy atom. The van der Waals surface area contributed by atoms with Gasteiger partial charge in [0.2, 0.25) is 5.13 Å². The topological polar surface area (TPSA) is 111 Å². The molecule has 1 aliphatic rings. The molecule has 1 atom stereocenters. The van der Waals surface area contributed by atoms with Crippen LogP contribution in [0.2, 0.25) is 10.0 Å². The number of aliphatic hydroxyl groups is 1. The normalized spacial score (nSPS) is 15.4. The van der Waals surface area contributed by atoms with E-state index in [1.54, 1.807) is 54.6 Å². The van der Waals surface area contributed by atoms with E-state index in [4.69, 9.17) is 37.4 Å². The zero-order valence-corrected chi connectivity index (χ0v) is 29.4. The molecule has 0 saturated carbocycles. The Labute approximate surface area is 301 Å². The summed E-state index contributed by atoms with van der Waals surface area (Å²) in [4.78, 5) is 28.8. The minimum absolute atomic E-state index is 0.104. The van der Waals surface area contributed by atoms with Crippen molar-refractivity contribution in [3.63, 3.8) is 0 Å². The van der Waals surface area contributed by atoms with Gasteiger partial charge in [-0.2, -0.15) is 0 Å². The number of hydrogen-bond donors (Lipinski definition) is 1. The Morgan fingerprint density at radius 1 is 0.939 bits per heavy atom. The number of anilines is 1. The smallest absolute Gasteiger partial charge is 0.301 e. The fraction of sp³-hybridized carbons (Fsp3) is 0.167. The lowest BCUT2D eigenvalue weighted by molar-refractivity contribution is -0.132. The van der Waals surface area contributed by atoms with Crippen molar-refractivity contribution < 1.29 is 28.9 Å². The van der Waals surface area contributed by atoms with Crippen molar-refractivity contribution in [3.8, 4) is 17.2 Å². The fourth-order valence-electron chi connectivity index (χ4n) is 5.20. The number of Topliss-reactive ketones (excluding diaryl/α,β-unsaturated/α-hetero) is 1. The number of thioether (sulfide) groups is 1. The highest BCUT2D eigenvalue weighted by atomic mass is 35.5. The molecule has 6 rings (SSSR count). The number of ketones is 1. The summed E-state index contributed by atoms with van der Waals surface area (Å²) in [5.41, 5.74) is 2.57. The average Bonchev–Trinajstić information content (AvgIpc) is 3.69. The molecule has 1 N–H and O–H groups in total. The molecular weight excluding hydrogens is 705 g/mol. The minimum atomic E-state index is -1.05. The molecule has 0 radical (unpaired) electrons. The fourth-order valence-corrected chi connectivity index (χ4v) is 7.63. The molecule has 1 amide bonds. The third kappa shape index (κ3) is 7.55. The lowest BCUT2D eigenvalue weighted by atomic mass is 9.95. The summed E-state index contributed by atoms with van der Waals surface area (Å²) in [6, 6.07) is 25.7. The third-order valence-corrected chi connectivity index (χ3v) is 10.3. The maximum atomic E-state index is 13.8.